The fourth-order valence-corrected chi connectivity index (χ4v) is 4.44. The van der Waals surface area contributed by atoms with Crippen LogP contribution >= 0.6 is 11.6 Å². The monoisotopic (exact) mass is 433 g/mol. The van der Waals surface area contributed by atoms with Crippen molar-refractivity contribution in [3.8, 4) is 11.3 Å². The van der Waals surface area contributed by atoms with E-state index in [0.717, 1.165) is 61.4 Å². The summed E-state index contributed by atoms with van der Waals surface area (Å²) in [6.07, 6.45) is 4.44. The summed E-state index contributed by atoms with van der Waals surface area (Å²) in [5.74, 6) is 1.43. The minimum atomic E-state index is 0.208. The molecule has 2 heterocycles. The first kappa shape index (κ1) is 20.1. The molecule has 2 aromatic carbocycles. The predicted molar refractivity (Wildman–Crippen MR) is 122 cm³/mol. The van der Waals surface area contributed by atoms with Gasteiger partial charge in [0.2, 0.25) is 0 Å². The third-order valence-electron chi connectivity index (χ3n) is 6.14. The van der Waals surface area contributed by atoms with Gasteiger partial charge in [0.05, 0.1) is 24.3 Å². The number of hydrogen-bond donors (Lipinski definition) is 0. The maximum Gasteiger partial charge on any atom is 0.187 e. The lowest BCUT2D eigenvalue weighted by Gasteiger charge is -2.33. The van der Waals surface area contributed by atoms with E-state index >= 15 is 0 Å². The first-order chi connectivity index (χ1) is 15.2. The fourth-order valence-electron chi connectivity index (χ4n) is 4.21. The first-order valence-corrected chi connectivity index (χ1v) is 11.2. The van der Waals surface area contributed by atoms with E-state index in [9.17, 15) is 0 Å². The molecule has 1 saturated heterocycles. The molecule has 0 spiro atoms. The third kappa shape index (κ3) is 4.32. The standard InChI is InChI=1S/C25H24ClN3O2/c1-27-18-8-10-19(11-9-18)29-14-12-20(13-15-29)30-16-22-24(21-4-2-3-5-23(21)26)28-31-25(22)17-6-7-17/h2-5,8-11,17,20H,6-7,12-16H2. The Balaban J connectivity index is 1.25. The summed E-state index contributed by atoms with van der Waals surface area (Å²) < 4.78 is 12.1. The summed E-state index contributed by atoms with van der Waals surface area (Å²) in [6, 6.07) is 15.6. The lowest BCUT2D eigenvalue weighted by atomic mass is 10.0. The van der Waals surface area contributed by atoms with Crippen molar-refractivity contribution in [2.45, 2.75) is 44.3 Å². The van der Waals surface area contributed by atoms with Crippen LogP contribution < -0.4 is 4.90 Å². The van der Waals surface area contributed by atoms with Crippen LogP contribution in [0.4, 0.5) is 11.4 Å². The Labute approximate surface area is 187 Å². The van der Waals surface area contributed by atoms with E-state index in [-0.39, 0.29) is 6.10 Å². The maximum absolute atomic E-state index is 7.09. The highest BCUT2D eigenvalue weighted by atomic mass is 35.5. The number of aromatic nitrogens is 1. The van der Waals surface area contributed by atoms with Gasteiger partial charge in [-0.25, -0.2) is 4.85 Å². The van der Waals surface area contributed by atoms with Gasteiger partial charge in [0, 0.05) is 35.8 Å². The average molecular weight is 434 g/mol. The largest absolute Gasteiger partial charge is 0.373 e. The topological polar surface area (TPSA) is 42.9 Å². The van der Waals surface area contributed by atoms with Crippen molar-refractivity contribution in [2.24, 2.45) is 0 Å². The van der Waals surface area contributed by atoms with Gasteiger partial charge in [0.25, 0.3) is 0 Å². The van der Waals surface area contributed by atoms with E-state index in [1.54, 1.807) is 0 Å². The molecule has 0 unspecified atom stereocenters. The molecular weight excluding hydrogens is 410 g/mol. The molecule has 0 bridgehead atoms. The Morgan fingerprint density at radius 2 is 1.81 bits per heavy atom. The van der Waals surface area contributed by atoms with Crippen molar-refractivity contribution in [1.29, 1.82) is 0 Å². The average Bonchev–Trinajstić information content (AvgIpc) is 3.58. The molecule has 1 aliphatic carbocycles. The quantitative estimate of drug-likeness (QED) is 0.410. The Kier molecular flexibility index (Phi) is 5.67. The Morgan fingerprint density at radius 1 is 1.06 bits per heavy atom. The molecular formula is C25H24ClN3O2. The second-order valence-electron chi connectivity index (χ2n) is 8.25. The van der Waals surface area contributed by atoms with E-state index in [2.05, 4.69) is 14.9 Å². The summed E-state index contributed by atoms with van der Waals surface area (Å²) in [4.78, 5) is 5.83. The number of anilines is 1. The van der Waals surface area contributed by atoms with Crippen LogP contribution in [0.5, 0.6) is 0 Å². The SMILES string of the molecule is [C-]#[N+]c1ccc(N2CCC(OCc3c(-c4ccccc4Cl)noc3C3CC3)CC2)cc1. The normalized spacial score (nSPS) is 17.0. The zero-order valence-corrected chi connectivity index (χ0v) is 18.0. The molecule has 1 aliphatic heterocycles. The number of hydrogen-bond acceptors (Lipinski definition) is 4. The number of ether oxygens (including phenoxy) is 1. The summed E-state index contributed by atoms with van der Waals surface area (Å²) in [7, 11) is 0. The van der Waals surface area contributed by atoms with Crippen LogP contribution in [-0.4, -0.2) is 24.4 Å². The molecule has 1 saturated carbocycles. The van der Waals surface area contributed by atoms with E-state index < -0.39 is 0 Å². The van der Waals surface area contributed by atoms with E-state index in [1.165, 1.54) is 5.69 Å². The second kappa shape index (κ2) is 8.74. The van der Waals surface area contributed by atoms with Crippen molar-refractivity contribution < 1.29 is 9.26 Å². The van der Waals surface area contributed by atoms with Gasteiger partial charge in [-0.05, 0) is 43.9 Å². The molecule has 1 aromatic heterocycles. The van der Waals surface area contributed by atoms with Gasteiger partial charge in [0.15, 0.2) is 5.69 Å². The smallest absolute Gasteiger partial charge is 0.187 e. The van der Waals surface area contributed by atoms with Crippen LogP contribution in [0.1, 0.15) is 42.9 Å². The van der Waals surface area contributed by atoms with Crippen LogP contribution in [0.3, 0.4) is 0 Å². The zero-order chi connectivity index (χ0) is 21.2. The van der Waals surface area contributed by atoms with Crippen LogP contribution in [0.2, 0.25) is 5.02 Å². The highest BCUT2D eigenvalue weighted by Gasteiger charge is 2.33. The number of benzene rings is 2. The first-order valence-electron chi connectivity index (χ1n) is 10.8. The van der Waals surface area contributed by atoms with E-state index in [0.29, 0.717) is 23.2 Å². The van der Waals surface area contributed by atoms with Crippen molar-refractivity contribution in [1.82, 2.24) is 5.16 Å². The summed E-state index contributed by atoms with van der Waals surface area (Å²) in [5.41, 5.74) is 4.60. The van der Waals surface area contributed by atoms with Crippen LogP contribution in [-0.2, 0) is 11.3 Å². The number of halogens is 1. The molecule has 0 amide bonds. The van der Waals surface area contributed by atoms with Gasteiger partial charge >= 0.3 is 0 Å². The van der Waals surface area contributed by atoms with Gasteiger partial charge in [-0.15, -0.1) is 0 Å². The second-order valence-corrected chi connectivity index (χ2v) is 8.66. The Bertz CT molecular complexity index is 1090. The summed E-state index contributed by atoms with van der Waals surface area (Å²) in [6.45, 7) is 9.48. The lowest BCUT2D eigenvalue weighted by Crippen LogP contribution is -2.37. The highest BCUT2D eigenvalue weighted by molar-refractivity contribution is 6.33. The number of piperidine rings is 1. The minimum absolute atomic E-state index is 0.208. The number of nitrogens with zero attached hydrogens (tertiary/aromatic N) is 3. The molecule has 158 valence electrons. The van der Waals surface area contributed by atoms with Crippen molar-refractivity contribution in [3.63, 3.8) is 0 Å². The predicted octanol–water partition coefficient (Wildman–Crippen LogP) is 6.61. The van der Waals surface area contributed by atoms with Gasteiger partial charge in [-0.2, -0.15) is 0 Å². The van der Waals surface area contributed by atoms with Crippen molar-refractivity contribution >= 4 is 23.0 Å². The Morgan fingerprint density at radius 3 is 2.48 bits per heavy atom. The van der Waals surface area contributed by atoms with Gasteiger partial charge < -0.3 is 14.2 Å². The van der Waals surface area contributed by atoms with Gasteiger partial charge in [-0.1, -0.05) is 47.1 Å². The van der Waals surface area contributed by atoms with Crippen LogP contribution in [0, 0.1) is 6.57 Å². The third-order valence-corrected chi connectivity index (χ3v) is 6.47. The maximum atomic E-state index is 7.09. The van der Waals surface area contributed by atoms with Crippen LogP contribution in [0.25, 0.3) is 16.1 Å². The minimum Gasteiger partial charge on any atom is -0.373 e. The van der Waals surface area contributed by atoms with Gasteiger partial charge in [0.1, 0.15) is 11.5 Å². The molecule has 3 aromatic rings. The van der Waals surface area contributed by atoms with Crippen molar-refractivity contribution in [2.75, 3.05) is 18.0 Å². The summed E-state index contributed by atoms with van der Waals surface area (Å²) >= 11 is 6.43. The zero-order valence-electron chi connectivity index (χ0n) is 17.3. The number of rotatable bonds is 6. The Hall–Kier alpha value is -2.81. The van der Waals surface area contributed by atoms with Crippen LogP contribution in [0.15, 0.2) is 53.1 Å². The van der Waals surface area contributed by atoms with Gasteiger partial charge in [-0.3, -0.25) is 0 Å². The molecule has 0 radical (unpaired) electrons. The van der Waals surface area contributed by atoms with Crippen molar-refractivity contribution in [3.05, 3.63) is 76.3 Å². The molecule has 31 heavy (non-hydrogen) atoms. The van der Waals surface area contributed by atoms with E-state index in [1.807, 2.05) is 48.5 Å². The fraction of sp³-hybridized carbons (Fsp3) is 0.360. The summed E-state index contributed by atoms with van der Waals surface area (Å²) in [5, 5.41) is 5.05. The molecule has 6 heteroatoms. The molecule has 5 rings (SSSR count). The van der Waals surface area contributed by atoms with E-state index in [4.69, 9.17) is 27.4 Å². The highest BCUT2D eigenvalue weighted by Crippen LogP contribution is 2.45. The lowest BCUT2D eigenvalue weighted by molar-refractivity contribution is 0.0246. The molecule has 2 fully saturated rings. The molecule has 0 atom stereocenters. The molecule has 0 N–H and O–H groups in total. The molecule has 2 aliphatic rings. The molecule has 5 nitrogen and oxygen atoms in total.